The highest BCUT2D eigenvalue weighted by molar-refractivity contribution is 5.99. The summed E-state index contributed by atoms with van der Waals surface area (Å²) in [6.45, 7) is 2.66. The van der Waals surface area contributed by atoms with E-state index in [2.05, 4.69) is 15.3 Å². The molecule has 0 atom stereocenters. The number of benzene rings is 1. The lowest BCUT2D eigenvalue weighted by Crippen LogP contribution is -2.23. The molecular weight excluding hydrogens is 304 g/mol. The van der Waals surface area contributed by atoms with Crippen LogP contribution in [-0.4, -0.2) is 26.2 Å². The molecule has 0 spiro atoms. The number of hydrogen-bond acceptors (Lipinski definition) is 3. The van der Waals surface area contributed by atoms with Crippen LogP contribution in [0.3, 0.4) is 0 Å². The van der Waals surface area contributed by atoms with E-state index >= 15 is 0 Å². The zero-order chi connectivity index (χ0) is 16.9. The fraction of sp³-hybridized carbons (Fsp3) is 0.167. The molecule has 0 aliphatic carbocycles. The summed E-state index contributed by atoms with van der Waals surface area (Å²) >= 11 is 0. The van der Waals surface area contributed by atoms with Gasteiger partial charge in [0.1, 0.15) is 5.69 Å². The quantitative estimate of drug-likeness (QED) is 0.684. The average Bonchev–Trinajstić information content (AvgIpc) is 3.25. The highest BCUT2D eigenvalue weighted by Crippen LogP contribution is 2.08. The van der Waals surface area contributed by atoms with E-state index < -0.39 is 0 Å². The van der Waals surface area contributed by atoms with Crippen molar-refractivity contribution in [2.24, 2.45) is 0 Å². The third-order valence-corrected chi connectivity index (χ3v) is 3.73. The Labute approximate surface area is 139 Å². The summed E-state index contributed by atoms with van der Waals surface area (Å²) in [5, 5.41) is 2.84. The number of amides is 1. The molecule has 2 N–H and O–H groups in total. The van der Waals surface area contributed by atoms with Crippen molar-refractivity contribution in [3.8, 4) is 0 Å². The maximum atomic E-state index is 12.1. The van der Waals surface area contributed by atoms with Crippen molar-refractivity contribution in [1.82, 2.24) is 19.9 Å². The average molecular weight is 322 g/mol. The Balaban J connectivity index is 1.55. The van der Waals surface area contributed by atoms with Crippen molar-refractivity contribution in [1.29, 1.82) is 0 Å². The molecule has 1 aromatic carbocycles. The van der Waals surface area contributed by atoms with Crippen LogP contribution < -0.4 is 5.32 Å². The van der Waals surface area contributed by atoms with Gasteiger partial charge >= 0.3 is 0 Å². The van der Waals surface area contributed by atoms with Crippen LogP contribution in [-0.2, 0) is 13.1 Å². The van der Waals surface area contributed by atoms with E-state index in [-0.39, 0.29) is 11.7 Å². The van der Waals surface area contributed by atoms with Gasteiger partial charge in [0, 0.05) is 37.2 Å². The molecule has 0 radical (unpaired) electrons. The molecule has 6 nitrogen and oxygen atoms in total. The minimum absolute atomic E-state index is 0.0706. The largest absolute Gasteiger partial charge is 0.356 e. The number of nitrogens with zero attached hydrogens (tertiary/aromatic N) is 2. The lowest BCUT2D eigenvalue weighted by molar-refractivity contribution is 0.0946. The Morgan fingerprint density at radius 3 is 2.58 bits per heavy atom. The van der Waals surface area contributed by atoms with Crippen molar-refractivity contribution >= 4 is 11.7 Å². The van der Waals surface area contributed by atoms with Gasteiger partial charge in [-0.3, -0.25) is 9.59 Å². The van der Waals surface area contributed by atoms with Gasteiger partial charge in [0.25, 0.3) is 5.91 Å². The van der Waals surface area contributed by atoms with Crippen LogP contribution in [0.2, 0.25) is 0 Å². The van der Waals surface area contributed by atoms with E-state index in [0.29, 0.717) is 17.8 Å². The second-order valence-electron chi connectivity index (χ2n) is 5.59. The molecule has 3 rings (SSSR count). The number of Topliss-reactive ketones (excluding diaryl/α,β-unsaturated/α-hetero) is 1. The van der Waals surface area contributed by atoms with Gasteiger partial charge in [-0.1, -0.05) is 24.3 Å². The summed E-state index contributed by atoms with van der Waals surface area (Å²) in [5.74, 6) is -0.302. The SMILES string of the molecule is CC(=O)c1c[nH]c(C(=O)NCc2ccc(Cn3ccnc3)cc2)c1. The van der Waals surface area contributed by atoms with Crippen LogP contribution in [0.25, 0.3) is 0 Å². The molecular formula is C18H18N4O2. The topological polar surface area (TPSA) is 79.8 Å². The smallest absolute Gasteiger partial charge is 0.267 e. The number of rotatable bonds is 6. The molecule has 0 fully saturated rings. The third-order valence-electron chi connectivity index (χ3n) is 3.73. The van der Waals surface area contributed by atoms with Gasteiger partial charge in [-0.15, -0.1) is 0 Å². The fourth-order valence-corrected chi connectivity index (χ4v) is 2.36. The normalized spacial score (nSPS) is 10.5. The van der Waals surface area contributed by atoms with Gasteiger partial charge in [0.05, 0.1) is 6.33 Å². The lowest BCUT2D eigenvalue weighted by atomic mass is 10.1. The molecule has 2 heterocycles. The van der Waals surface area contributed by atoms with Crippen LogP contribution >= 0.6 is 0 Å². The predicted molar refractivity (Wildman–Crippen MR) is 89.7 cm³/mol. The summed E-state index contributed by atoms with van der Waals surface area (Å²) in [6.07, 6.45) is 6.99. The van der Waals surface area contributed by atoms with Crippen molar-refractivity contribution in [2.45, 2.75) is 20.0 Å². The zero-order valence-corrected chi connectivity index (χ0v) is 13.3. The summed E-state index contributed by atoms with van der Waals surface area (Å²) in [4.78, 5) is 30.2. The van der Waals surface area contributed by atoms with Gasteiger partial charge < -0.3 is 14.9 Å². The molecule has 0 unspecified atom stereocenters. The second-order valence-corrected chi connectivity index (χ2v) is 5.59. The van der Waals surface area contributed by atoms with Gasteiger partial charge in [0.2, 0.25) is 0 Å². The monoisotopic (exact) mass is 322 g/mol. The summed E-state index contributed by atoms with van der Waals surface area (Å²) in [5.41, 5.74) is 3.07. The van der Waals surface area contributed by atoms with Crippen molar-refractivity contribution < 1.29 is 9.59 Å². The molecule has 24 heavy (non-hydrogen) atoms. The highest BCUT2D eigenvalue weighted by Gasteiger charge is 2.10. The van der Waals surface area contributed by atoms with E-state index in [1.165, 1.54) is 12.5 Å². The number of ketones is 1. The second kappa shape index (κ2) is 6.95. The number of aromatic nitrogens is 3. The molecule has 2 aromatic heterocycles. The molecule has 0 aliphatic rings. The van der Waals surface area contributed by atoms with E-state index in [4.69, 9.17) is 0 Å². The first-order valence-corrected chi connectivity index (χ1v) is 7.63. The first-order valence-electron chi connectivity index (χ1n) is 7.63. The highest BCUT2D eigenvalue weighted by atomic mass is 16.2. The van der Waals surface area contributed by atoms with Crippen LogP contribution in [0, 0.1) is 0 Å². The summed E-state index contributed by atoms with van der Waals surface area (Å²) in [7, 11) is 0. The maximum absolute atomic E-state index is 12.1. The van der Waals surface area contributed by atoms with Crippen LogP contribution in [0.15, 0.2) is 55.2 Å². The molecule has 0 bridgehead atoms. The fourth-order valence-electron chi connectivity index (χ4n) is 2.36. The Hall–Kier alpha value is -3.15. The minimum Gasteiger partial charge on any atom is -0.356 e. The molecule has 3 aromatic rings. The third kappa shape index (κ3) is 3.78. The van der Waals surface area contributed by atoms with E-state index in [1.54, 1.807) is 24.8 Å². The van der Waals surface area contributed by atoms with Gasteiger partial charge in [-0.2, -0.15) is 0 Å². The lowest BCUT2D eigenvalue weighted by Gasteiger charge is -2.06. The van der Waals surface area contributed by atoms with Crippen molar-refractivity contribution in [2.75, 3.05) is 0 Å². The molecule has 1 amide bonds. The number of H-pyrrole nitrogens is 1. The zero-order valence-electron chi connectivity index (χ0n) is 13.3. The molecule has 0 aliphatic heterocycles. The number of carbonyl (C=O) groups is 2. The minimum atomic E-state index is -0.231. The molecule has 6 heteroatoms. The number of carbonyl (C=O) groups excluding carboxylic acids is 2. The molecule has 0 saturated heterocycles. The molecule has 0 saturated carbocycles. The maximum Gasteiger partial charge on any atom is 0.267 e. The summed E-state index contributed by atoms with van der Waals surface area (Å²) < 4.78 is 1.99. The Morgan fingerprint density at radius 2 is 1.96 bits per heavy atom. The number of nitrogens with one attached hydrogen (secondary N) is 2. The Kier molecular flexibility index (Phi) is 4.56. The standard InChI is InChI=1S/C18H18N4O2/c1-13(23)16-8-17(20-10-16)18(24)21-9-14-2-4-15(5-3-14)11-22-7-6-19-12-22/h2-8,10,12,20H,9,11H2,1H3,(H,21,24). The first kappa shape index (κ1) is 15.7. The van der Waals surface area contributed by atoms with Gasteiger partial charge in [-0.05, 0) is 24.1 Å². The van der Waals surface area contributed by atoms with E-state index in [1.807, 2.05) is 35.0 Å². The number of aromatic amines is 1. The number of imidazole rings is 1. The van der Waals surface area contributed by atoms with Crippen molar-refractivity contribution in [3.63, 3.8) is 0 Å². The van der Waals surface area contributed by atoms with Crippen LogP contribution in [0.5, 0.6) is 0 Å². The predicted octanol–water partition coefficient (Wildman–Crippen LogP) is 2.39. The first-order chi connectivity index (χ1) is 11.6. The van der Waals surface area contributed by atoms with Crippen molar-refractivity contribution in [3.05, 3.63) is 77.6 Å². The van der Waals surface area contributed by atoms with Crippen LogP contribution in [0.4, 0.5) is 0 Å². The van der Waals surface area contributed by atoms with Gasteiger partial charge in [0.15, 0.2) is 5.78 Å². The Bertz CT molecular complexity index is 832. The number of hydrogen-bond donors (Lipinski definition) is 2. The molecule has 122 valence electrons. The van der Waals surface area contributed by atoms with E-state index in [0.717, 1.165) is 12.1 Å². The van der Waals surface area contributed by atoms with E-state index in [9.17, 15) is 9.59 Å². The summed E-state index contributed by atoms with van der Waals surface area (Å²) in [6, 6.07) is 9.60. The Morgan fingerprint density at radius 1 is 1.21 bits per heavy atom. The van der Waals surface area contributed by atoms with Gasteiger partial charge in [-0.25, -0.2) is 4.98 Å². The van der Waals surface area contributed by atoms with Crippen LogP contribution in [0.1, 0.15) is 38.9 Å².